The van der Waals surface area contributed by atoms with Crippen molar-refractivity contribution in [2.75, 3.05) is 0 Å². The molecule has 0 N–H and O–H groups in total. The molecular formula is C23H25NO4. The fourth-order valence-corrected chi connectivity index (χ4v) is 4.09. The zero-order chi connectivity index (χ0) is 19.9. The molecule has 28 heavy (non-hydrogen) atoms. The third kappa shape index (κ3) is 4.91. The van der Waals surface area contributed by atoms with E-state index in [0.717, 1.165) is 32.1 Å². The van der Waals surface area contributed by atoms with Crippen LogP contribution in [0.25, 0.3) is 0 Å². The number of Topliss-reactive ketones (excluding diaryl/α,β-unsaturated/α-hetero) is 2. The van der Waals surface area contributed by atoms with E-state index in [1.165, 1.54) is 12.1 Å². The Morgan fingerprint density at radius 2 is 1.79 bits per heavy atom. The first-order valence-electron chi connectivity index (χ1n) is 9.91. The average Bonchev–Trinajstić information content (AvgIpc) is 2.70. The van der Waals surface area contributed by atoms with Crippen molar-refractivity contribution < 1.29 is 14.5 Å². The molecule has 2 aromatic rings. The maximum Gasteiger partial charge on any atom is 0.269 e. The maximum absolute atomic E-state index is 12.9. The number of rotatable bonds is 6. The Morgan fingerprint density at radius 3 is 2.54 bits per heavy atom. The van der Waals surface area contributed by atoms with E-state index in [1.54, 1.807) is 18.2 Å². The highest BCUT2D eigenvalue weighted by molar-refractivity contribution is 5.97. The van der Waals surface area contributed by atoms with Crippen molar-refractivity contribution in [3.63, 3.8) is 0 Å². The minimum Gasteiger partial charge on any atom is -0.299 e. The van der Waals surface area contributed by atoms with Gasteiger partial charge in [-0.3, -0.25) is 19.7 Å². The van der Waals surface area contributed by atoms with Crippen LogP contribution in [0.4, 0.5) is 5.69 Å². The van der Waals surface area contributed by atoms with Crippen LogP contribution < -0.4 is 0 Å². The Kier molecular flexibility index (Phi) is 6.69. The molecule has 5 heteroatoms. The first-order valence-corrected chi connectivity index (χ1v) is 9.91. The number of hydrogen-bond acceptors (Lipinski definition) is 4. The molecule has 5 nitrogen and oxygen atoms in total. The van der Waals surface area contributed by atoms with Gasteiger partial charge in [0.25, 0.3) is 5.69 Å². The van der Waals surface area contributed by atoms with Crippen molar-refractivity contribution in [1.29, 1.82) is 0 Å². The second-order valence-electron chi connectivity index (χ2n) is 7.48. The molecule has 0 radical (unpaired) electrons. The number of nitro benzene ring substituents is 1. The van der Waals surface area contributed by atoms with Gasteiger partial charge < -0.3 is 0 Å². The van der Waals surface area contributed by atoms with E-state index >= 15 is 0 Å². The average molecular weight is 379 g/mol. The number of nitrogens with zero attached hydrogens (tertiary/aromatic N) is 1. The first-order chi connectivity index (χ1) is 13.6. The van der Waals surface area contributed by atoms with E-state index in [9.17, 15) is 19.7 Å². The molecule has 0 aromatic heterocycles. The minimum absolute atomic E-state index is 0.00652. The Bertz CT molecular complexity index is 847. The third-order valence-corrected chi connectivity index (χ3v) is 5.60. The van der Waals surface area contributed by atoms with Gasteiger partial charge in [-0.25, -0.2) is 0 Å². The molecule has 1 aliphatic rings. The minimum atomic E-state index is -0.431. The highest BCUT2D eigenvalue weighted by atomic mass is 16.6. The van der Waals surface area contributed by atoms with Crippen LogP contribution in [0.5, 0.6) is 0 Å². The summed E-state index contributed by atoms with van der Waals surface area (Å²) in [6.45, 7) is 0. The van der Waals surface area contributed by atoms with E-state index in [4.69, 9.17) is 0 Å². The molecule has 2 atom stereocenters. The van der Waals surface area contributed by atoms with Crippen molar-refractivity contribution in [2.45, 2.75) is 50.9 Å². The van der Waals surface area contributed by atoms with Gasteiger partial charge in [-0.05, 0) is 18.4 Å². The number of ketones is 2. The highest BCUT2D eigenvalue weighted by Crippen LogP contribution is 2.37. The van der Waals surface area contributed by atoms with Gasteiger partial charge in [-0.1, -0.05) is 61.7 Å². The predicted octanol–water partition coefficient (Wildman–Crippen LogP) is 5.49. The molecule has 0 saturated heterocycles. The normalized spacial score (nSPS) is 18.7. The van der Waals surface area contributed by atoms with Crippen LogP contribution in [0.3, 0.4) is 0 Å². The lowest BCUT2D eigenvalue weighted by Gasteiger charge is -2.28. The van der Waals surface area contributed by atoms with Crippen LogP contribution in [0.2, 0.25) is 0 Å². The summed E-state index contributed by atoms with van der Waals surface area (Å²) in [6, 6.07) is 15.4. The smallest absolute Gasteiger partial charge is 0.269 e. The second kappa shape index (κ2) is 9.40. The SMILES string of the molecule is O=C(CC(c1cccc([N+](=O)[O-])c1)C1CCCCCCC1=O)c1ccccc1. The van der Waals surface area contributed by atoms with Gasteiger partial charge in [0.2, 0.25) is 0 Å². The summed E-state index contributed by atoms with van der Waals surface area (Å²) in [5.41, 5.74) is 1.31. The fraction of sp³-hybridized carbons (Fsp3) is 0.391. The van der Waals surface area contributed by atoms with Gasteiger partial charge >= 0.3 is 0 Å². The van der Waals surface area contributed by atoms with Crippen molar-refractivity contribution in [3.05, 3.63) is 75.8 Å². The fourth-order valence-electron chi connectivity index (χ4n) is 4.09. The summed E-state index contributed by atoms with van der Waals surface area (Å²) in [5.74, 6) is -0.461. The molecule has 1 aliphatic carbocycles. The van der Waals surface area contributed by atoms with Gasteiger partial charge in [0, 0.05) is 42.4 Å². The summed E-state index contributed by atoms with van der Waals surface area (Å²) < 4.78 is 0. The Morgan fingerprint density at radius 1 is 1.04 bits per heavy atom. The maximum atomic E-state index is 12.9. The van der Waals surface area contributed by atoms with E-state index in [-0.39, 0.29) is 35.5 Å². The van der Waals surface area contributed by atoms with Crippen molar-refractivity contribution in [2.24, 2.45) is 5.92 Å². The van der Waals surface area contributed by atoms with Crippen LogP contribution in [-0.2, 0) is 4.79 Å². The Hall–Kier alpha value is -2.82. The summed E-state index contributed by atoms with van der Waals surface area (Å²) in [4.78, 5) is 36.6. The summed E-state index contributed by atoms with van der Waals surface area (Å²) in [6.07, 6.45) is 5.40. The molecular weight excluding hydrogens is 354 g/mol. The standard InChI is InChI=1S/C23H25NO4/c25-22-14-7-2-1-6-13-20(22)21(16-23(26)17-9-4-3-5-10-17)18-11-8-12-19(15-18)24(27)28/h3-5,8-12,15,20-21H,1-2,6-7,13-14,16H2. The molecule has 1 saturated carbocycles. The molecule has 2 aromatic carbocycles. The second-order valence-corrected chi connectivity index (χ2v) is 7.48. The van der Waals surface area contributed by atoms with Crippen LogP contribution in [0.15, 0.2) is 54.6 Å². The quantitative estimate of drug-likeness (QED) is 0.378. The number of benzene rings is 2. The molecule has 0 amide bonds. The lowest BCUT2D eigenvalue weighted by atomic mass is 9.75. The van der Waals surface area contributed by atoms with Gasteiger partial charge in [-0.15, -0.1) is 0 Å². The molecule has 146 valence electrons. The number of carbonyl (C=O) groups excluding carboxylic acids is 2. The van der Waals surface area contributed by atoms with Crippen LogP contribution >= 0.6 is 0 Å². The molecule has 1 fully saturated rings. The largest absolute Gasteiger partial charge is 0.299 e. The van der Waals surface area contributed by atoms with Crippen molar-refractivity contribution in [1.82, 2.24) is 0 Å². The molecule has 3 rings (SSSR count). The van der Waals surface area contributed by atoms with Gasteiger partial charge in [0.15, 0.2) is 5.78 Å². The monoisotopic (exact) mass is 379 g/mol. The Balaban J connectivity index is 1.95. The first kappa shape index (κ1) is 19.9. The molecule has 0 bridgehead atoms. The lowest BCUT2D eigenvalue weighted by molar-refractivity contribution is -0.384. The van der Waals surface area contributed by atoms with E-state index < -0.39 is 4.92 Å². The number of non-ortho nitro benzene ring substituents is 1. The highest BCUT2D eigenvalue weighted by Gasteiger charge is 2.32. The summed E-state index contributed by atoms with van der Waals surface area (Å²) in [7, 11) is 0. The van der Waals surface area contributed by atoms with Crippen molar-refractivity contribution >= 4 is 17.3 Å². The van der Waals surface area contributed by atoms with Crippen LogP contribution in [0.1, 0.15) is 66.8 Å². The van der Waals surface area contributed by atoms with Crippen LogP contribution in [0, 0.1) is 16.0 Å². The molecule has 2 unspecified atom stereocenters. The third-order valence-electron chi connectivity index (χ3n) is 5.60. The van der Waals surface area contributed by atoms with Crippen LogP contribution in [-0.4, -0.2) is 16.5 Å². The van der Waals surface area contributed by atoms with E-state index in [0.29, 0.717) is 17.5 Å². The molecule has 0 spiro atoms. The van der Waals surface area contributed by atoms with Gasteiger partial charge in [0.05, 0.1) is 4.92 Å². The topological polar surface area (TPSA) is 77.3 Å². The summed E-state index contributed by atoms with van der Waals surface area (Å²) in [5, 5.41) is 11.2. The zero-order valence-corrected chi connectivity index (χ0v) is 15.9. The number of hydrogen-bond donors (Lipinski definition) is 0. The zero-order valence-electron chi connectivity index (χ0n) is 15.9. The molecule has 0 aliphatic heterocycles. The number of carbonyl (C=O) groups is 2. The molecule has 0 heterocycles. The van der Waals surface area contributed by atoms with Gasteiger partial charge in [-0.2, -0.15) is 0 Å². The summed E-state index contributed by atoms with van der Waals surface area (Å²) >= 11 is 0. The van der Waals surface area contributed by atoms with Gasteiger partial charge in [0.1, 0.15) is 5.78 Å². The van der Waals surface area contributed by atoms with Crippen molar-refractivity contribution in [3.8, 4) is 0 Å². The number of nitro groups is 1. The Labute approximate surface area is 164 Å². The van der Waals surface area contributed by atoms with E-state index in [1.807, 2.05) is 24.3 Å². The lowest BCUT2D eigenvalue weighted by Crippen LogP contribution is -2.26. The predicted molar refractivity (Wildman–Crippen MR) is 107 cm³/mol. The van der Waals surface area contributed by atoms with E-state index in [2.05, 4.69) is 0 Å².